The molecule has 0 atom stereocenters. The van der Waals surface area contributed by atoms with Gasteiger partial charge < -0.3 is 16.0 Å². The van der Waals surface area contributed by atoms with E-state index in [2.05, 4.69) is 16.0 Å². The first kappa shape index (κ1) is 15.6. The van der Waals surface area contributed by atoms with Gasteiger partial charge in [0.1, 0.15) is 0 Å². The number of carbonyl (C=O) groups is 2. The highest BCUT2D eigenvalue weighted by atomic mass is 16.2. The van der Waals surface area contributed by atoms with E-state index < -0.39 is 0 Å². The van der Waals surface area contributed by atoms with Gasteiger partial charge in [0.25, 0.3) is 5.91 Å². The molecular weight excluding hydrogens is 278 g/mol. The average molecular weight is 297 g/mol. The molecule has 0 aromatic heterocycles. The Morgan fingerprint density at radius 3 is 2.00 bits per heavy atom. The number of hydrogen-bond acceptors (Lipinski definition) is 2. The summed E-state index contributed by atoms with van der Waals surface area (Å²) in [5, 5.41) is 8.20. The Balaban J connectivity index is 1.60. The fraction of sp³-hybridized carbons (Fsp3) is 0.176. The highest BCUT2D eigenvalue weighted by Gasteiger charge is 2.04. The lowest BCUT2D eigenvalue weighted by Crippen LogP contribution is -2.40. The Morgan fingerprint density at radius 2 is 1.32 bits per heavy atom. The molecule has 2 aromatic carbocycles. The largest absolute Gasteiger partial charge is 0.350 e. The fourth-order valence-electron chi connectivity index (χ4n) is 1.88. The van der Waals surface area contributed by atoms with E-state index in [1.807, 2.05) is 48.5 Å². The molecule has 0 bridgehead atoms. The minimum absolute atomic E-state index is 0.146. The van der Waals surface area contributed by atoms with Crippen molar-refractivity contribution in [3.8, 4) is 0 Å². The molecule has 2 aromatic rings. The predicted molar refractivity (Wildman–Crippen MR) is 85.5 cm³/mol. The van der Waals surface area contributed by atoms with E-state index in [0.29, 0.717) is 25.2 Å². The van der Waals surface area contributed by atoms with E-state index in [9.17, 15) is 9.59 Å². The maximum Gasteiger partial charge on any atom is 0.315 e. The first-order valence-corrected chi connectivity index (χ1v) is 7.14. The lowest BCUT2D eigenvalue weighted by Gasteiger charge is -2.08. The second kappa shape index (κ2) is 8.46. The van der Waals surface area contributed by atoms with Crippen molar-refractivity contribution >= 4 is 11.9 Å². The van der Waals surface area contributed by atoms with Crippen molar-refractivity contribution in [2.75, 3.05) is 13.1 Å². The lowest BCUT2D eigenvalue weighted by molar-refractivity contribution is 0.0954. The third kappa shape index (κ3) is 5.28. The molecule has 0 saturated heterocycles. The Hall–Kier alpha value is -2.82. The van der Waals surface area contributed by atoms with Crippen LogP contribution in [-0.2, 0) is 6.54 Å². The molecule has 2 rings (SSSR count). The van der Waals surface area contributed by atoms with Crippen LogP contribution in [0.2, 0.25) is 0 Å². The molecule has 0 aliphatic heterocycles. The fourth-order valence-corrected chi connectivity index (χ4v) is 1.88. The Bertz CT molecular complexity index is 600. The van der Waals surface area contributed by atoms with Crippen LogP contribution in [0.15, 0.2) is 60.7 Å². The molecule has 0 aliphatic rings. The van der Waals surface area contributed by atoms with Gasteiger partial charge in [-0.1, -0.05) is 48.5 Å². The first-order valence-electron chi connectivity index (χ1n) is 7.14. The van der Waals surface area contributed by atoms with Crippen molar-refractivity contribution in [1.29, 1.82) is 0 Å². The SMILES string of the molecule is O=C(NCCNC(=O)c1ccccc1)NCc1ccccc1. The number of carbonyl (C=O) groups excluding carboxylic acids is 2. The van der Waals surface area contributed by atoms with Crippen LogP contribution in [0, 0.1) is 0 Å². The standard InChI is InChI=1S/C17H19N3O2/c21-16(15-9-5-2-6-10-15)18-11-12-19-17(22)20-13-14-7-3-1-4-8-14/h1-10H,11-13H2,(H,18,21)(H2,19,20,22). The van der Waals surface area contributed by atoms with Gasteiger partial charge in [-0.3, -0.25) is 4.79 Å². The summed E-state index contributed by atoms with van der Waals surface area (Å²) < 4.78 is 0. The summed E-state index contributed by atoms with van der Waals surface area (Å²) in [7, 11) is 0. The van der Waals surface area contributed by atoms with Crippen LogP contribution in [0.1, 0.15) is 15.9 Å². The van der Waals surface area contributed by atoms with Gasteiger partial charge in [0.15, 0.2) is 0 Å². The van der Waals surface area contributed by atoms with Crippen molar-refractivity contribution < 1.29 is 9.59 Å². The summed E-state index contributed by atoms with van der Waals surface area (Å²) in [6.07, 6.45) is 0. The second-order valence-corrected chi connectivity index (χ2v) is 4.72. The van der Waals surface area contributed by atoms with E-state index >= 15 is 0 Å². The highest BCUT2D eigenvalue weighted by molar-refractivity contribution is 5.94. The summed E-state index contributed by atoms with van der Waals surface area (Å²) in [5.74, 6) is -0.146. The van der Waals surface area contributed by atoms with Crippen LogP contribution in [0.3, 0.4) is 0 Å². The minimum Gasteiger partial charge on any atom is -0.350 e. The topological polar surface area (TPSA) is 70.2 Å². The van der Waals surface area contributed by atoms with Crippen LogP contribution >= 0.6 is 0 Å². The maximum atomic E-state index is 11.8. The zero-order valence-electron chi connectivity index (χ0n) is 12.2. The molecular formula is C17H19N3O2. The van der Waals surface area contributed by atoms with Crippen LogP contribution in [-0.4, -0.2) is 25.0 Å². The zero-order chi connectivity index (χ0) is 15.6. The van der Waals surface area contributed by atoms with E-state index in [1.54, 1.807) is 12.1 Å². The maximum absolute atomic E-state index is 11.8. The van der Waals surface area contributed by atoms with Crippen LogP contribution in [0.5, 0.6) is 0 Å². The number of hydrogen-bond donors (Lipinski definition) is 3. The Kier molecular flexibility index (Phi) is 5.99. The Morgan fingerprint density at radius 1 is 0.727 bits per heavy atom. The van der Waals surface area contributed by atoms with Crippen molar-refractivity contribution in [2.24, 2.45) is 0 Å². The number of urea groups is 1. The van der Waals surface area contributed by atoms with Gasteiger partial charge in [-0.25, -0.2) is 4.79 Å². The lowest BCUT2D eigenvalue weighted by atomic mass is 10.2. The van der Waals surface area contributed by atoms with Gasteiger partial charge in [0.05, 0.1) is 0 Å². The summed E-state index contributed by atoms with van der Waals surface area (Å²) in [5.41, 5.74) is 1.64. The van der Waals surface area contributed by atoms with Gasteiger partial charge in [0.2, 0.25) is 0 Å². The zero-order valence-corrected chi connectivity index (χ0v) is 12.2. The molecule has 5 nitrogen and oxygen atoms in total. The van der Waals surface area contributed by atoms with Crippen molar-refractivity contribution in [2.45, 2.75) is 6.54 Å². The molecule has 0 saturated carbocycles. The van der Waals surface area contributed by atoms with E-state index in [1.165, 1.54) is 0 Å². The van der Waals surface area contributed by atoms with E-state index in [4.69, 9.17) is 0 Å². The van der Waals surface area contributed by atoms with Crippen molar-refractivity contribution in [1.82, 2.24) is 16.0 Å². The monoisotopic (exact) mass is 297 g/mol. The van der Waals surface area contributed by atoms with Crippen LogP contribution in [0.4, 0.5) is 4.79 Å². The van der Waals surface area contributed by atoms with Gasteiger partial charge in [-0.2, -0.15) is 0 Å². The van der Waals surface area contributed by atoms with Crippen LogP contribution < -0.4 is 16.0 Å². The number of nitrogens with one attached hydrogen (secondary N) is 3. The Labute approximate surface area is 129 Å². The molecule has 114 valence electrons. The van der Waals surface area contributed by atoms with E-state index in [0.717, 1.165) is 5.56 Å². The molecule has 0 heterocycles. The summed E-state index contributed by atoms with van der Waals surface area (Å²) in [6.45, 7) is 1.23. The second-order valence-electron chi connectivity index (χ2n) is 4.72. The molecule has 0 unspecified atom stereocenters. The number of benzene rings is 2. The summed E-state index contributed by atoms with van der Waals surface area (Å²) >= 11 is 0. The summed E-state index contributed by atoms with van der Waals surface area (Å²) in [6, 6.07) is 18.4. The average Bonchev–Trinajstić information content (AvgIpc) is 2.58. The molecule has 3 amide bonds. The number of rotatable bonds is 6. The molecule has 5 heteroatoms. The third-order valence-corrected chi connectivity index (χ3v) is 3.03. The molecule has 22 heavy (non-hydrogen) atoms. The smallest absolute Gasteiger partial charge is 0.315 e. The molecule has 0 spiro atoms. The highest BCUT2D eigenvalue weighted by Crippen LogP contribution is 1.97. The van der Waals surface area contributed by atoms with Gasteiger partial charge in [-0.05, 0) is 17.7 Å². The molecule has 0 aliphatic carbocycles. The van der Waals surface area contributed by atoms with Gasteiger partial charge >= 0.3 is 6.03 Å². The first-order chi connectivity index (χ1) is 10.8. The predicted octanol–water partition coefficient (Wildman–Crippen LogP) is 1.92. The quantitative estimate of drug-likeness (QED) is 0.713. The van der Waals surface area contributed by atoms with Crippen LogP contribution in [0.25, 0.3) is 0 Å². The third-order valence-electron chi connectivity index (χ3n) is 3.03. The minimum atomic E-state index is -0.252. The number of amides is 3. The normalized spacial score (nSPS) is 9.82. The van der Waals surface area contributed by atoms with E-state index in [-0.39, 0.29) is 11.9 Å². The van der Waals surface area contributed by atoms with Crippen molar-refractivity contribution in [3.05, 3.63) is 71.8 Å². The van der Waals surface area contributed by atoms with Crippen molar-refractivity contribution in [3.63, 3.8) is 0 Å². The van der Waals surface area contributed by atoms with Gasteiger partial charge in [0, 0.05) is 25.2 Å². The summed E-state index contributed by atoms with van der Waals surface area (Å²) in [4.78, 5) is 23.4. The molecule has 0 radical (unpaired) electrons. The molecule has 3 N–H and O–H groups in total. The van der Waals surface area contributed by atoms with Gasteiger partial charge in [-0.15, -0.1) is 0 Å². The molecule has 0 fully saturated rings.